The summed E-state index contributed by atoms with van der Waals surface area (Å²) in [5.41, 5.74) is 0. The van der Waals surface area contributed by atoms with Gasteiger partial charge in [0.15, 0.2) is 0 Å². The minimum absolute atomic E-state index is 0.0949. The number of esters is 1. The van der Waals surface area contributed by atoms with Gasteiger partial charge in [-0.25, -0.2) is 0 Å². The second kappa shape index (κ2) is 6.83. The Morgan fingerprint density at radius 3 is 2.93 bits per heavy atom. The summed E-state index contributed by atoms with van der Waals surface area (Å²) in [6.07, 6.45) is 6.03. The molecule has 0 bridgehead atoms. The molecule has 0 unspecified atom stereocenters. The van der Waals surface area contributed by atoms with Gasteiger partial charge in [0.2, 0.25) is 0 Å². The predicted octanol–water partition coefficient (Wildman–Crippen LogP) is 2.27. The van der Waals surface area contributed by atoms with Crippen LogP contribution in [0, 0.1) is 5.92 Å². The first-order valence-corrected chi connectivity index (χ1v) is 6.06. The van der Waals surface area contributed by atoms with Crippen molar-refractivity contribution in [2.24, 2.45) is 5.92 Å². The van der Waals surface area contributed by atoms with Gasteiger partial charge in [-0.2, -0.15) is 0 Å². The van der Waals surface area contributed by atoms with Crippen LogP contribution in [0.3, 0.4) is 0 Å². The maximum Gasteiger partial charge on any atom is 0.306 e. The first-order valence-electron chi connectivity index (χ1n) is 6.06. The van der Waals surface area contributed by atoms with Crippen molar-refractivity contribution in [3.05, 3.63) is 0 Å². The summed E-state index contributed by atoms with van der Waals surface area (Å²) in [6.45, 7) is 2.62. The normalized spacial score (nSPS) is 26.3. The topological polar surface area (TPSA) is 46.5 Å². The molecule has 3 nitrogen and oxygen atoms in total. The van der Waals surface area contributed by atoms with Crippen LogP contribution in [0.4, 0.5) is 0 Å². The lowest BCUT2D eigenvalue weighted by molar-refractivity contribution is -0.145. The van der Waals surface area contributed by atoms with Gasteiger partial charge in [0.1, 0.15) is 0 Å². The van der Waals surface area contributed by atoms with E-state index in [1.54, 1.807) is 0 Å². The summed E-state index contributed by atoms with van der Waals surface area (Å²) in [4.78, 5) is 11.4. The van der Waals surface area contributed by atoms with E-state index in [1.165, 1.54) is 0 Å². The van der Waals surface area contributed by atoms with Gasteiger partial charge in [0, 0.05) is 6.42 Å². The average Bonchev–Trinajstić information content (AvgIpc) is 2.18. The number of carbonyl (C=O) groups is 1. The Morgan fingerprint density at radius 1 is 1.47 bits per heavy atom. The minimum atomic E-state index is -0.202. The van der Waals surface area contributed by atoms with E-state index in [9.17, 15) is 9.90 Å². The van der Waals surface area contributed by atoms with E-state index in [4.69, 9.17) is 4.74 Å². The summed E-state index contributed by atoms with van der Waals surface area (Å²) >= 11 is 0. The van der Waals surface area contributed by atoms with Crippen molar-refractivity contribution in [2.45, 2.75) is 58.0 Å². The number of carbonyl (C=O) groups excluding carboxylic acids is 1. The molecule has 0 aliphatic heterocycles. The van der Waals surface area contributed by atoms with Gasteiger partial charge < -0.3 is 9.84 Å². The van der Waals surface area contributed by atoms with Crippen LogP contribution in [-0.2, 0) is 9.53 Å². The van der Waals surface area contributed by atoms with E-state index < -0.39 is 0 Å². The number of ether oxygens (including phenoxy) is 1. The number of unbranched alkanes of at least 4 members (excludes halogenated alkanes) is 1. The van der Waals surface area contributed by atoms with Crippen molar-refractivity contribution in [3.8, 4) is 0 Å². The van der Waals surface area contributed by atoms with E-state index in [-0.39, 0.29) is 12.1 Å². The summed E-state index contributed by atoms with van der Waals surface area (Å²) in [6, 6.07) is 0. The zero-order valence-corrected chi connectivity index (χ0v) is 9.58. The Kier molecular flexibility index (Phi) is 5.69. The standard InChI is InChI=1S/C12H22O3/c1-2-3-7-15-12(14)9-10-5-4-6-11(13)8-10/h10-11,13H,2-9H2,1H3/t10-,11-/m0/s1. The number of rotatable bonds is 5. The molecule has 1 saturated carbocycles. The molecule has 0 aromatic heterocycles. The molecule has 1 fully saturated rings. The third-order valence-corrected chi connectivity index (χ3v) is 2.97. The van der Waals surface area contributed by atoms with Crippen molar-refractivity contribution in [1.29, 1.82) is 0 Å². The Morgan fingerprint density at radius 2 is 2.27 bits per heavy atom. The van der Waals surface area contributed by atoms with E-state index in [2.05, 4.69) is 6.92 Å². The molecule has 15 heavy (non-hydrogen) atoms. The number of aliphatic hydroxyl groups is 1. The molecule has 0 radical (unpaired) electrons. The van der Waals surface area contributed by atoms with E-state index in [0.717, 1.165) is 38.5 Å². The second-order valence-corrected chi connectivity index (χ2v) is 4.46. The molecule has 1 rings (SSSR count). The fourth-order valence-electron chi connectivity index (χ4n) is 2.07. The molecule has 1 aliphatic rings. The van der Waals surface area contributed by atoms with E-state index in [1.807, 2.05) is 0 Å². The molecular formula is C12H22O3. The first kappa shape index (κ1) is 12.5. The lowest BCUT2D eigenvalue weighted by atomic mass is 9.85. The van der Waals surface area contributed by atoms with Gasteiger partial charge in [-0.15, -0.1) is 0 Å². The smallest absolute Gasteiger partial charge is 0.306 e. The highest BCUT2D eigenvalue weighted by atomic mass is 16.5. The van der Waals surface area contributed by atoms with Crippen LogP contribution >= 0.6 is 0 Å². The van der Waals surface area contributed by atoms with Crippen molar-refractivity contribution < 1.29 is 14.6 Å². The zero-order valence-electron chi connectivity index (χ0n) is 9.58. The van der Waals surface area contributed by atoms with Crippen molar-refractivity contribution in [1.82, 2.24) is 0 Å². The highest BCUT2D eigenvalue weighted by Crippen LogP contribution is 2.26. The summed E-state index contributed by atoms with van der Waals surface area (Å²) in [5, 5.41) is 9.45. The third kappa shape index (κ3) is 5.17. The molecule has 2 atom stereocenters. The van der Waals surface area contributed by atoms with Crippen LogP contribution in [0.15, 0.2) is 0 Å². The molecule has 0 heterocycles. The highest BCUT2D eigenvalue weighted by molar-refractivity contribution is 5.69. The van der Waals surface area contributed by atoms with Crippen LogP contribution in [0.2, 0.25) is 0 Å². The minimum Gasteiger partial charge on any atom is -0.466 e. The van der Waals surface area contributed by atoms with E-state index >= 15 is 0 Å². The lowest BCUT2D eigenvalue weighted by Gasteiger charge is -2.24. The molecule has 1 N–H and O–H groups in total. The number of hydrogen-bond acceptors (Lipinski definition) is 3. The number of aliphatic hydroxyl groups excluding tert-OH is 1. The van der Waals surface area contributed by atoms with Crippen LogP contribution < -0.4 is 0 Å². The van der Waals surface area contributed by atoms with Crippen LogP contribution in [0.1, 0.15) is 51.9 Å². The quantitative estimate of drug-likeness (QED) is 0.564. The molecule has 0 saturated heterocycles. The first-order chi connectivity index (χ1) is 7.22. The predicted molar refractivity (Wildman–Crippen MR) is 58.4 cm³/mol. The van der Waals surface area contributed by atoms with Crippen LogP contribution in [-0.4, -0.2) is 23.8 Å². The van der Waals surface area contributed by atoms with E-state index in [0.29, 0.717) is 18.9 Å². The van der Waals surface area contributed by atoms with Crippen LogP contribution in [0.25, 0.3) is 0 Å². The molecule has 88 valence electrons. The van der Waals surface area contributed by atoms with Gasteiger partial charge in [-0.1, -0.05) is 19.8 Å². The molecular weight excluding hydrogens is 192 g/mol. The van der Waals surface area contributed by atoms with Crippen molar-refractivity contribution >= 4 is 5.97 Å². The maximum atomic E-state index is 11.4. The van der Waals surface area contributed by atoms with Gasteiger partial charge in [0.05, 0.1) is 12.7 Å². The van der Waals surface area contributed by atoms with Crippen LogP contribution in [0.5, 0.6) is 0 Å². The molecule has 0 spiro atoms. The molecule has 0 aromatic rings. The average molecular weight is 214 g/mol. The molecule has 3 heteroatoms. The second-order valence-electron chi connectivity index (χ2n) is 4.46. The Hall–Kier alpha value is -0.570. The summed E-state index contributed by atoms with van der Waals surface area (Å²) < 4.78 is 5.10. The van der Waals surface area contributed by atoms with Gasteiger partial charge >= 0.3 is 5.97 Å². The van der Waals surface area contributed by atoms with Gasteiger partial charge in [-0.3, -0.25) is 4.79 Å². The Labute approximate surface area is 91.8 Å². The monoisotopic (exact) mass is 214 g/mol. The molecule has 1 aliphatic carbocycles. The van der Waals surface area contributed by atoms with Gasteiger partial charge in [0.25, 0.3) is 0 Å². The lowest BCUT2D eigenvalue weighted by Crippen LogP contribution is -2.22. The fourth-order valence-corrected chi connectivity index (χ4v) is 2.07. The summed E-state index contributed by atoms with van der Waals surface area (Å²) in [5.74, 6) is 0.241. The zero-order chi connectivity index (χ0) is 11.1. The van der Waals surface area contributed by atoms with Crippen molar-refractivity contribution in [3.63, 3.8) is 0 Å². The largest absolute Gasteiger partial charge is 0.466 e. The summed E-state index contributed by atoms with van der Waals surface area (Å²) in [7, 11) is 0. The Bertz CT molecular complexity index is 191. The molecule has 0 amide bonds. The van der Waals surface area contributed by atoms with Crippen molar-refractivity contribution in [2.75, 3.05) is 6.61 Å². The molecule has 0 aromatic carbocycles. The Balaban J connectivity index is 2.13. The third-order valence-electron chi connectivity index (χ3n) is 2.97. The van der Waals surface area contributed by atoms with Gasteiger partial charge in [-0.05, 0) is 31.6 Å². The highest BCUT2D eigenvalue weighted by Gasteiger charge is 2.22. The number of hydrogen-bond donors (Lipinski definition) is 1. The fraction of sp³-hybridized carbons (Fsp3) is 0.917. The maximum absolute atomic E-state index is 11.4. The SMILES string of the molecule is CCCCOC(=O)C[C@H]1CCC[C@H](O)C1.